The molecule has 2 amide bonds. The predicted molar refractivity (Wildman–Crippen MR) is 134 cm³/mol. The van der Waals surface area contributed by atoms with Gasteiger partial charge in [0.05, 0.1) is 12.6 Å². The van der Waals surface area contributed by atoms with Gasteiger partial charge in [-0.15, -0.1) is 12.4 Å². The van der Waals surface area contributed by atoms with Crippen molar-refractivity contribution in [3.8, 4) is 23.0 Å². The zero-order chi connectivity index (χ0) is 26.0. The number of nitrogens with zero attached hydrogens (tertiary/aromatic N) is 2. The molecule has 204 valence electrons. The summed E-state index contributed by atoms with van der Waals surface area (Å²) >= 11 is 0. The third kappa shape index (κ3) is 7.10. The molecule has 2 atom stereocenters. The van der Waals surface area contributed by atoms with Crippen LogP contribution in [0.4, 0.5) is 8.78 Å². The van der Waals surface area contributed by atoms with Gasteiger partial charge in [-0.2, -0.15) is 8.78 Å². The Balaban J connectivity index is 0.00000380. The van der Waals surface area contributed by atoms with Gasteiger partial charge in [-0.1, -0.05) is 13.8 Å². The number of hydrogen-bond acceptors (Lipinski definition) is 7. The molecule has 2 fully saturated rings. The van der Waals surface area contributed by atoms with Gasteiger partial charge >= 0.3 is 6.61 Å². The molecule has 9 nitrogen and oxygen atoms in total. The second-order valence-electron chi connectivity index (χ2n) is 9.72. The molecule has 1 saturated carbocycles. The molecule has 37 heavy (non-hydrogen) atoms. The maximum atomic E-state index is 13.3. The summed E-state index contributed by atoms with van der Waals surface area (Å²) in [5.41, 5.74) is 6.60. The number of likely N-dealkylation sites (tertiary alicyclic amines) is 1. The molecule has 2 heterocycles. The van der Waals surface area contributed by atoms with Gasteiger partial charge in [-0.3, -0.25) is 9.59 Å². The van der Waals surface area contributed by atoms with Crippen molar-refractivity contribution in [3.63, 3.8) is 0 Å². The Kier molecular flexibility index (Phi) is 9.36. The van der Waals surface area contributed by atoms with Crippen molar-refractivity contribution in [2.24, 2.45) is 17.6 Å². The molecule has 0 spiro atoms. The highest BCUT2D eigenvalue weighted by Crippen LogP contribution is 2.37. The molecule has 0 bridgehead atoms. The number of hydrogen-bond donors (Lipinski definition) is 2. The monoisotopic (exact) mass is 542 g/mol. The van der Waals surface area contributed by atoms with Crippen molar-refractivity contribution in [1.82, 2.24) is 15.2 Å². The number of alkyl halides is 2. The summed E-state index contributed by atoms with van der Waals surface area (Å²) in [7, 11) is 0. The van der Waals surface area contributed by atoms with Gasteiger partial charge in [-0.25, -0.2) is 4.98 Å². The van der Waals surface area contributed by atoms with Gasteiger partial charge in [0.2, 0.25) is 11.8 Å². The molecule has 12 heteroatoms. The quantitative estimate of drug-likeness (QED) is 0.462. The van der Waals surface area contributed by atoms with E-state index in [1.807, 2.05) is 13.8 Å². The Morgan fingerprint density at radius 1 is 1.22 bits per heavy atom. The van der Waals surface area contributed by atoms with Gasteiger partial charge in [0.15, 0.2) is 23.0 Å². The van der Waals surface area contributed by atoms with Gasteiger partial charge < -0.3 is 29.8 Å². The molecule has 2 aliphatic rings. The zero-order valence-corrected chi connectivity index (χ0v) is 21.9. The number of carbonyl (C=O) groups is 2. The van der Waals surface area contributed by atoms with Crippen LogP contribution in [0.5, 0.6) is 11.5 Å². The number of ether oxygens (including phenoxy) is 2. The van der Waals surface area contributed by atoms with Crippen LogP contribution in [0.2, 0.25) is 0 Å². The third-order valence-electron chi connectivity index (χ3n) is 6.19. The van der Waals surface area contributed by atoms with E-state index in [2.05, 4.69) is 15.0 Å². The molecule has 0 radical (unpaired) electrons. The lowest BCUT2D eigenvalue weighted by molar-refractivity contribution is -0.124. The van der Waals surface area contributed by atoms with Crippen molar-refractivity contribution in [3.05, 3.63) is 29.7 Å². The lowest BCUT2D eigenvalue weighted by atomic mass is 10.2. The minimum absolute atomic E-state index is 0. The number of amides is 2. The summed E-state index contributed by atoms with van der Waals surface area (Å²) in [6.45, 7) is 3.52. The highest BCUT2D eigenvalue weighted by molar-refractivity contribution is 5.94. The first-order valence-corrected chi connectivity index (χ1v) is 12.2. The van der Waals surface area contributed by atoms with Crippen LogP contribution in [0.15, 0.2) is 22.6 Å². The SMILES string of the molecule is CC(C)C(=O)N[C@@H]1CCN(C(=O)c2nc(-c3ccc(OC(F)F)c(OCC4CC4)c3)oc2C(C)N)C1.Cl. The fourth-order valence-electron chi connectivity index (χ4n) is 3.94. The lowest BCUT2D eigenvalue weighted by Gasteiger charge is -2.17. The number of oxazole rings is 1. The van der Waals surface area contributed by atoms with Crippen molar-refractivity contribution in [2.75, 3.05) is 19.7 Å². The van der Waals surface area contributed by atoms with E-state index in [0.29, 0.717) is 37.6 Å². The smallest absolute Gasteiger partial charge is 0.387 e. The number of benzene rings is 1. The lowest BCUT2D eigenvalue weighted by Crippen LogP contribution is -2.40. The molecule has 1 aliphatic heterocycles. The van der Waals surface area contributed by atoms with Crippen LogP contribution in [0.25, 0.3) is 11.5 Å². The highest BCUT2D eigenvalue weighted by Gasteiger charge is 2.33. The molecule has 1 aromatic heterocycles. The van der Waals surface area contributed by atoms with Crippen LogP contribution in [-0.4, -0.2) is 54.0 Å². The first-order valence-electron chi connectivity index (χ1n) is 12.2. The number of carbonyl (C=O) groups excluding carboxylic acids is 2. The van der Waals surface area contributed by atoms with Crippen LogP contribution in [0.1, 0.15) is 62.3 Å². The van der Waals surface area contributed by atoms with Crippen LogP contribution >= 0.6 is 12.4 Å². The van der Waals surface area contributed by atoms with Gasteiger partial charge in [-0.05, 0) is 50.3 Å². The Labute approximate surface area is 220 Å². The van der Waals surface area contributed by atoms with Crippen molar-refractivity contribution in [1.29, 1.82) is 0 Å². The van der Waals surface area contributed by atoms with Gasteiger partial charge in [0.25, 0.3) is 5.91 Å². The second-order valence-corrected chi connectivity index (χ2v) is 9.72. The zero-order valence-electron chi connectivity index (χ0n) is 21.0. The van der Waals surface area contributed by atoms with Crippen LogP contribution in [0, 0.1) is 11.8 Å². The van der Waals surface area contributed by atoms with Gasteiger partial charge in [0, 0.05) is 30.6 Å². The predicted octanol–water partition coefficient (Wildman–Crippen LogP) is 4.16. The topological polar surface area (TPSA) is 120 Å². The fourth-order valence-corrected chi connectivity index (χ4v) is 3.94. The second kappa shape index (κ2) is 12.1. The fraction of sp³-hybridized carbons (Fsp3) is 0.560. The maximum Gasteiger partial charge on any atom is 0.387 e. The first-order chi connectivity index (χ1) is 17.1. The van der Waals surface area contributed by atoms with Gasteiger partial charge in [0.1, 0.15) is 0 Å². The third-order valence-corrected chi connectivity index (χ3v) is 6.19. The summed E-state index contributed by atoms with van der Waals surface area (Å²) in [6.07, 6.45) is 2.70. The molecule has 1 saturated heterocycles. The van der Waals surface area contributed by atoms with E-state index in [-0.39, 0.29) is 65.0 Å². The molecule has 1 unspecified atom stereocenters. The van der Waals surface area contributed by atoms with E-state index in [1.54, 1.807) is 11.8 Å². The molecular formula is C25H33ClF2N4O5. The Bertz CT molecular complexity index is 1110. The molecule has 4 rings (SSSR count). The summed E-state index contributed by atoms with van der Waals surface area (Å²) < 4.78 is 41.9. The minimum Gasteiger partial charge on any atom is -0.489 e. The van der Waals surface area contributed by atoms with Crippen LogP contribution in [0.3, 0.4) is 0 Å². The van der Waals surface area contributed by atoms with E-state index in [0.717, 1.165) is 12.8 Å². The van der Waals surface area contributed by atoms with Crippen molar-refractivity contribution in [2.45, 2.75) is 58.7 Å². The van der Waals surface area contributed by atoms with E-state index in [9.17, 15) is 18.4 Å². The normalized spacial score (nSPS) is 18.1. The van der Waals surface area contributed by atoms with E-state index in [1.165, 1.54) is 18.2 Å². The summed E-state index contributed by atoms with van der Waals surface area (Å²) in [6, 6.07) is 3.64. The standard InChI is InChI=1S/C25H32F2N4O5.ClH/c1-13(2)22(32)29-17-8-9-31(11-17)24(33)20-21(14(3)28)36-23(30-20)16-6-7-18(35-25(26)27)19(10-16)34-12-15-4-5-15;/h6-7,10,13-15,17,25H,4-5,8-9,11-12,28H2,1-3H3,(H,29,32);1H/t14?,17-;/m1./s1. The Hall–Kier alpha value is -2.92. The number of nitrogens with one attached hydrogen (secondary N) is 1. The average molecular weight is 543 g/mol. The number of aromatic nitrogens is 1. The average Bonchev–Trinajstić information content (AvgIpc) is 3.35. The molecule has 1 aliphatic carbocycles. The number of rotatable bonds is 10. The van der Waals surface area contributed by atoms with E-state index in [4.69, 9.17) is 14.9 Å². The molecule has 1 aromatic carbocycles. The highest BCUT2D eigenvalue weighted by atomic mass is 35.5. The summed E-state index contributed by atoms with van der Waals surface area (Å²) in [5.74, 6) is 0.251. The minimum atomic E-state index is -3.00. The largest absolute Gasteiger partial charge is 0.489 e. The van der Waals surface area contributed by atoms with Crippen LogP contribution in [-0.2, 0) is 4.79 Å². The Morgan fingerprint density at radius 3 is 2.57 bits per heavy atom. The molecule has 2 aromatic rings. The van der Waals surface area contributed by atoms with Crippen molar-refractivity contribution >= 4 is 24.2 Å². The molecular weight excluding hydrogens is 510 g/mol. The van der Waals surface area contributed by atoms with E-state index < -0.39 is 12.7 Å². The number of nitrogens with two attached hydrogens (primary N) is 1. The maximum absolute atomic E-state index is 13.3. The van der Waals surface area contributed by atoms with Crippen molar-refractivity contribution < 1.29 is 32.3 Å². The molecule has 3 N–H and O–H groups in total. The number of halogens is 3. The summed E-state index contributed by atoms with van der Waals surface area (Å²) in [4.78, 5) is 31.4. The van der Waals surface area contributed by atoms with E-state index >= 15 is 0 Å². The Morgan fingerprint density at radius 2 is 1.95 bits per heavy atom. The van der Waals surface area contributed by atoms with Crippen LogP contribution < -0.4 is 20.5 Å². The first kappa shape index (κ1) is 28.6. The summed E-state index contributed by atoms with van der Waals surface area (Å²) in [5, 5.41) is 2.95.